The number of nitrogens with zero attached hydrogens (tertiary/aromatic N) is 1. The van der Waals surface area contributed by atoms with Gasteiger partial charge in [0, 0.05) is 7.05 Å². The predicted octanol–water partition coefficient (Wildman–Crippen LogP) is 3.24. The number of carbonyl (C=O) groups excluding carboxylic acids is 1. The van der Waals surface area contributed by atoms with E-state index in [1.54, 1.807) is 12.1 Å². The van der Waals surface area contributed by atoms with Crippen molar-refractivity contribution in [2.24, 2.45) is 0 Å². The average Bonchev–Trinajstić information content (AvgIpc) is 2.68. The number of amides is 1. The van der Waals surface area contributed by atoms with Crippen LogP contribution in [0.3, 0.4) is 0 Å². The molecule has 9 heteroatoms. The van der Waals surface area contributed by atoms with Crippen molar-refractivity contribution in [2.75, 3.05) is 18.9 Å². The molecule has 2 aromatic rings. The molecule has 0 saturated heterocycles. The van der Waals surface area contributed by atoms with Gasteiger partial charge in [0.15, 0.2) is 17.5 Å². The largest absolute Gasteiger partial charge is 0.322 e. The van der Waals surface area contributed by atoms with Gasteiger partial charge in [0.2, 0.25) is 15.9 Å². The zero-order valence-electron chi connectivity index (χ0n) is 15.1. The fraction of sp³-hybridized carbons (Fsp3) is 0.316. The van der Waals surface area contributed by atoms with E-state index in [-0.39, 0.29) is 4.90 Å². The van der Waals surface area contributed by atoms with E-state index in [1.807, 2.05) is 0 Å². The number of nitrogens with one attached hydrogen (secondary N) is 1. The lowest BCUT2D eigenvalue weighted by molar-refractivity contribution is -0.116. The van der Waals surface area contributed by atoms with Crippen molar-refractivity contribution in [2.45, 2.75) is 30.6 Å². The first kappa shape index (κ1) is 20.3. The Hall–Kier alpha value is -2.39. The summed E-state index contributed by atoms with van der Waals surface area (Å²) in [6.45, 7) is -0.613. The van der Waals surface area contributed by atoms with Crippen molar-refractivity contribution in [1.29, 1.82) is 0 Å². The zero-order valence-corrected chi connectivity index (χ0v) is 16.0. The highest BCUT2D eigenvalue weighted by atomic mass is 32.2. The fourth-order valence-corrected chi connectivity index (χ4v) is 4.33. The Morgan fingerprint density at radius 2 is 1.71 bits per heavy atom. The van der Waals surface area contributed by atoms with E-state index in [1.165, 1.54) is 13.1 Å². The van der Waals surface area contributed by atoms with Crippen molar-refractivity contribution in [3.8, 4) is 0 Å². The third-order valence-corrected chi connectivity index (χ3v) is 6.50. The number of anilines is 1. The van der Waals surface area contributed by atoms with E-state index >= 15 is 0 Å². The first-order valence-corrected chi connectivity index (χ1v) is 10.2. The van der Waals surface area contributed by atoms with Crippen LogP contribution in [0.25, 0.3) is 0 Å². The number of hydrogen-bond donors (Lipinski definition) is 1. The van der Waals surface area contributed by atoms with Gasteiger partial charge in [-0.2, -0.15) is 4.31 Å². The lowest BCUT2D eigenvalue weighted by atomic mass is 9.92. The summed E-state index contributed by atoms with van der Waals surface area (Å²) in [5.74, 6) is -5.53. The molecule has 3 rings (SSSR count). The Morgan fingerprint density at radius 3 is 2.43 bits per heavy atom. The molecule has 0 radical (unpaired) electrons. The van der Waals surface area contributed by atoms with Crippen molar-refractivity contribution in [3.63, 3.8) is 0 Å². The third kappa shape index (κ3) is 4.05. The molecular formula is C19H19F3N2O3S. The molecule has 1 aliphatic carbocycles. The monoisotopic (exact) mass is 412 g/mol. The van der Waals surface area contributed by atoms with Gasteiger partial charge in [-0.25, -0.2) is 21.6 Å². The standard InChI is InChI=1S/C19H19F3N2O3S/c1-24(11-17(25)23-16-9-8-15(20)18(21)19(16)22)28(26,27)14-7-6-12-4-2-3-5-13(12)10-14/h6-10H,2-5,11H2,1H3,(H,23,25). The Bertz CT molecular complexity index is 1030. The molecule has 0 aliphatic heterocycles. The van der Waals surface area contributed by atoms with Gasteiger partial charge in [-0.15, -0.1) is 0 Å². The maximum absolute atomic E-state index is 13.7. The van der Waals surface area contributed by atoms with E-state index in [4.69, 9.17) is 0 Å². The number of sulfonamides is 1. The van der Waals surface area contributed by atoms with Crippen molar-refractivity contribution in [3.05, 3.63) is 58.9 Å². The minimum absolute atomic E-state index is 0.0717. The molecule has 0 unspecified atom stereocenters. The van der Waals surface area contributed by atoms with Crippen molar-refractivity contribution < 1.29 is 26.4 Å². The normalized spacial score (nSPS) is 14.0. The van der Waals surface area contributed by atoms with Crippen LogP contribution in [0.5, 0.6) is 0 Å². The third-order valence-electron chi connectivity index (χ3n) is 4.70. The van der Waals surface area contributed by atoms with E-state index in [0.29, 0.717) is 6.07 Å². The molecule has 1 amide bonds. The summed E-state index contributed by atoms with van der Waals surface area (Å²) in [5, 5.41) is 2.06. The van der Waals surface area contributed by atoms with E-state index in [0.717, 1.165) is 47.2 Å². The molecule has 0 fully saturated rings. The Kier molecular flexibility index (Phi) is 5.76. The van der Waals surface area contributed by atoms with Crippen LogP contribution in [-0.4, -0.2) is 32.2 Å². The number of benzene rings is 2. The van der Waals surface area contributed by atoms with E-state index < -0.39 is 45.6 Å². The van der Waals surface area contributed by atoms with Crippen LogP contribution in [0.1, 0.15) is 24.0 Å². The second-order valence-electron chi connectivity index (χ2n) is 6.67. The molecule has 150 valence electrons. The fourth-order valence-electron chi connectivity index (χ4n) is 3.15. The summed E-state index contributed by atoms with van der Waals surface area (Å²) in [5.41, 5.74) is 1.54. The average molecular weight is 412 g/mol. The summed E-state index contributed by atoms with van der Waals surface area (Å²) in [6, 6.07) is 6.44. The summed E-state index contributed by atoms with van der Waals surface area (Å²) in [4.78, 5) is 12.2. The van der Waals surface area contributed by atoms with Gasteiger partial charge in [-0.1, -0.05) is 6.07 Å². The van der Waals surface area contributed by atoms with E-state index in [2.05, 4.69) is 5.32 Å². The van der Waals surface area contributed by atoms with Crippen LogP contribution < -0.4 is 5.32 Å². The molecule has 1 aliphatic rings. The zero-order chi connectivity index (χ0) is 20.5. The highest BCUT2D eigenvalue weighted by Crippen LogP contribution is 2.25. The maximum Gasteiger partial charge on any atom is 0.243 e. The molecule has 0 heterocycles. The molecule has 0 bridgehead atoms. The molecule has 0 saturated carbocycles. The molecule has 0 atom stereocenters. The summed E-state index contributed by atoms with van der Waals surface area (Å²) in [7, 11) is -2.72. The van der Waals surface area contributed by atoms with Gasteiger partial charge in [0.25, 0.3) is 0 Å². The summed E-state index contributed by atoms with van der Waals surface area (Å²) >= 11 is 0. The highest BCUT2D eigenvalue weighted by Gasteiger charge is 2.25. The lowest BCUT2D eigenvalue weighted by Crippen LogP contribution is -2.35. The minimum Gasteiger partial charge on any atom is -0.322 e. The molecule has 1 N–H and O–H groups in total. The Balaban J connectivity index is 1.73. The second-order valence-corrected chi connectivity index (χ2v) is 8.71. The summed E-state index contributed by atoms with van der Waals surface area (Å²) in [6.07, 6.45) is 3.78. The number of likely N-dealkylation sites (N-methyl/N-ethyl adjacent to an activating group) is 1. The van der Waals surface area contributed by atoms with Gasteiger partial charge < -0.3 is 5.32 Å². The maximum atomic E-state index is 13.7. The van der Waals surface area contributed by atoms with E-state index in [9.17, 15) is 26.4 Å². The first-order valence-electron chi connectivity index (χ1n) is 8.71. The van der Waals surface area contributed by atoms with Gasteiger partial charge >= 0.3 is 0 Å². The lowest BCUT2D eigenvalue weighted by Gasteiger charge is -2.20. The van der Waals surface area contributed by atoms with Crippen LogP contribution >= 0.6 is 0 Å². The molecule has 5 nitrogen and oxygen atoms in total. The van der Waals surface area contributed by atoms with Crippen LogP contribution in [0.2, 0.25) is 0 Å². The number of aryl methyl sites for hydroxylation is 2. The van der Waals surface area contributed by atoms with Crippen LogP contribution in [-0.2, 0) is 27.7 Å². The van der Waals surface area contributed by atoms with Crippen LogP contribution in [0, 0.1) is 17.5 Å². The molecule has 2 aromatic carbocycles. The smallest absolute Gasteiger partial charge is 0.243 e. The molecule has 0 spiro atoms. The Morgan fingerprint density at radius 1 is 1.04 bits per heavy atom. The van der Waals surface area contributed by atoms with Gasteiger partial charge in [0.1, 0.15) is 0 Å². The summed E-state index contributed by atoms with van der Waals surface area (Å²) < 4.78 is 66.2. The number of carbonyl (C=O) groups is 1. The van der Waals surface area contributed by atoms with Crippen LogP contribution in [0.4, 0.5) is 18.9 Å². The second kappa shape index (κ2) is 7.92. The number of rotatable bonds is 5. The molecular weight excluding hydrogens is 393 g/mol. The van der Waals surface area contributed by atoms with Gasteiger partial charge in [-0.3, -0.25) is 4.79 Å². The van der Waals surface area contributed by atoms with Crippen LogP contribution in [0.15, 0.2) is 35.2 Å². The first-order chi connectivity index (χ1) is 13.2. The number of halogens is 3. The number of fused-ring (bicyclic) bond motifs is 1. The quantitative estimate of drug-likeness (QED) is 0.767. The Labute approximate surface area is 161 Å². The van der Waals surface area contributed by atoms with Crippen molar-refractivity contribution in [1.82, 2.24) is 4.31 Å². The van der Waals surface area contributed by atoms with Crippen molar-refractivity contribution >= 4 is 21.6 Å². The van der Waals surface area contributed by atoms with Gasteiger partial charge in [-0.05, 0) is 61.1 Å². The predicted molar refractivity (Wildman–Crippen MR) is 97.8 cm³/mol. The minimum atomic E-state index is -3.94. The highest BCUT2D eigenvalue weighted by molar-refractivity contribution is 7.89. The molecule has 28 heavy (non-hydrogen) atoms. The SMILES string of the molecule is CN(CC(=O)Nc1ccc(F)c(F)c1F)S(=O)(=O)c1ccc2c(c1)CCCC2. The molecule has 0 aromatic heterocycles. The topological polar surface area (TPSA) is 66.5 Å². The van der Waals surface area contributed by atoms with Gasteiger partial charge in [0.05, 0.1) is 17.1 Å². The number of hydrogen-bond acceptors (Lipinski definition) is 3.